The maximum absolute atomic E-state index is 14.4. The maximum atomic E-state index is 14.4. The molecule has 1 fully saturated rings. The topological polar surface area (TPSA) is 38.3 Å². The zero-order chi connectivity index (χ0) is 17.3. The van der Waals surface area contributed by atoms with Crippen molar-refractivity contribution < 1.29 is 13.5 Å². The lowest BCUT2D eigenvalue weighted by Gasteiger charge is -2.34. The summed E-state index contributed by atoms with van der Waals surface area (Å²) in [6.45, 7) is 5.66. The molecule has 1 aliphatic rings. The van der Waals surface area contributed by atoms with Crippen molar-refractivity contribution in [2.75, 3.05) is 25.1 Å². The van der Waals surface area contributed by atoms with Crippen LogP contribution >= 0.6 is 0 Å². The number of piperidine rings is 1. The summed E-state index contributed by atoms with van der Waals surface area (Å²) in [4.78, 5) is 2.13. The number of hydrogen-bond acceptors (Lipinski definition) is 4. The highest BCUT2D eigenvalue weighted by Crippen LogP contribution is 2.42. The molecule has 128 valence electrons. The first kappa shape index (κ1) is 16.6. The minimum absolute atomic E-state index is 0.110. The summed E-state index contributed by atoms with van der Waals surface area (Å²) in [6, 6.07) is 3.84. The molecule has 0 atom stereocenters. The van der Waals surface area contributed by atoms with E-state index in [-0.39, 0.29) is 11.4 Å². The quantitative estimate of drug-likeness (QED) is 0.852. The van der Waals surface area contributed by atoms with Crippen LogP contribution in [0.2, 0.25) is 0 Å². The van der Waals surface area contributed by atoms with Gasteiger partial charge in [0, 0.05) is 13.1 Å². The molecule has 1 aliphatic heterocycles. The number of aromatic nitrogens is 2. The van der Waals surface area contributed by atoms with Gasteiger partial charge in [0.2, 0.25) is 5.88 Å². The van der Waals surface area contributed by atoms with E-state index < -0.39 is 11.6 Å². The summed E-state index contributed by atoms with van der Waals surface area (Å²) < 4.78 is 34.1. The van der Waals surface area contributed by atoms with Crippen LogP contribution in [0.5, 0.6) is 5.88 Å². The highest BCUT2D eigenvalue weighted by molar-refractivity contribution is 5.84. The Balaban J connectivity index is 2.22. The Morgan fingerprint density at radius 2 is 1.71 bits per heavy atom. The molecule has 24 heavy (non-hydrogen) atoms. The Bertz CT molecular complexity index is 723. The molecular weight excluding hydrogens is 312 g/mol. The molecule has 0 spiro atoms. The van der Waals surface area contributed by atoms with Crippen LogP contribution in [0.3, 0.4) is 0 Å². The second kappa shape index (κ2) is 6.71. The van der Waals surface area contributed by atoms with Gasteiger partial charge in [-0.25, -0.2) is 8.78 Å². The van der Waals surface area contributed by atoms with E-state index in [1.807, 2.05) is 6.92 Å². The number of benzene rings is 1. The second-order valence-corrected chi connectivity index (χ2v) is 6.28. The fourth-order valence-corrected chi connectivity index (χ4v) is 3.22. The lowest BCUT2D eigenvalue weighted by Crippen LogP contribution is -2.34. The summed E-state index contributed by atoms with van der Waals surface area (Å²) >= 11 is 0. The molecule has 0 amide bonds. The highest BCUT2D eigenvalue weighted by atomic mass is 19.1. The van der Waals surface area contributed by atoms with Crippen molar-refractivity contribution in [3.8, 4) is 17.0 Å². The first-order valence-corrected chi connectivity index (χ1v) is 8.13. The van der Waals surface area contributed by atoms with Crippen LogP contribution in [-0.2, 0) is 0 Å². The Kier molecular flexibility index (Phi) is 4.64. The van der Waals surface area contributed by atoms with Gasteiger partial charge in [0.15, 0.2) is 0 Å². The lowest BCUT2D eigenvalue weighted by molar-refractivity contribution is 0.391. The van der Waals surface area contributed by atoms with Crippen LogP contribution in [0.15, 0.2) is 18.2 Å². The molecule has 0 saturated carbocycles. The molecule has 1 saturated heterocycles. The van der Waals surface area contributed by atoms with Crippen LogP contribution in [0, 0.1) is 24.5 Å². The SMILES string of the molecule is COc1nnc(C)c(N2CCC(C)CC2)c1-c1c(F)cccc1F. The summed E-state index contributed by atoms with van der Waals surface area (Å²) in [5.41, 5.74) is 1.58. The summed E-state index contributed by atoms with van der Waals surface area (Å²) in [5, 5.41) is 8.12. The third-order valence-electron chi connectivity index (χ3n) is 4.59. The number of anilines is 1. The third-order valence-corrected chi connectivity index (χ3v) is 4.59. The number of nitrogens with zero attached hydrogens (tertiary/aromatic N) is 3. The number of aryl methyl sites for hydroxylation is 1. The van der Waals surface area contributed by atoms with Crippen molar-refractivity contribution in [3.63, 3.8) is 0 Å². The summed E-state index contributed by atoms with van der Waals surface area (Å²) in [5.74, 6) is -0.482. The Hall–Kier alpha value is -2.24. The zero-order valence-electron chi connectivity index (χ0n) is 14.1. The van der Waals surface area contributed by atoms with Gasteiger partial charge in [-0.15, -0.1) is 10.2 Å². The van der Waals surface area contributed by atoms with Crippen molar-refractivity contribution in [1.29, 1.82) is 0 Å². The number of hydrogen-bond donors (Lipinski definition) is 0. The molecule has 0 bridgehead atoms. The molecule has 1 aromatic carbocycles. The van der Waals surface area contributed by atoms with E-state index in [0.717, 1.165) is 25.9 Å². The summed E-state index contributed by atoms with van der Waals surface area (Å²) in [7, 11) is 1.43. The van der Waals surface area contributed by atoms with Crippen molar-refractivity contribution >= 4 is 5.69 Å². The van der Waals surface area contributed by atoms with Gasteiger partial charge in [-0.3, -0.25) is 0 Å². The van der Waals surface area contributed by atoms with E-state index in [9.17, 15) is 8.78 Å². The summed E-state index contributed by atoms with van der Waals surface area (Å²) in [6.07, 6.45) is 2.06. The van der Waals surface area contributed by atoms with E-state index in [0.29, 0.717) is 22.9 Å². The van der Waals surface area contributed by atoms with Crippen molar-refractivity contribution in [3.05, 3.63) is 35.5 Å². The van der Waals surface area contributed by atoms with E-state index in [4.69, 9.17) is 4.74 Å². The average molecular weight is 333 g/mol. The van der Waals surface area contributed by atoms with Crippen LogP contribution in [-0.4, -0.2) is 30.4 Å². The largest absolute Gasteiger partial charge is 0.479 e. The normalized spacial score (nSPS) is 15.6. The molecule has 0 N–H and O–H groups in total. The van der Waals surface area contributed by atoms with Crippen LogP contribution in [0.4, 0.5) is 14.5 Å². The molecule has 2 heterocycles. The molecule has 1 aromatic heterocycles. The molecular formula is C18H21F2N3O. The standard InChI is InChI=1S/C18H21F2N3O/c1-11-7-9-23(10-8-11)17-12(2)21-22-18(24-3)16(17)15-13(19)5-4-6-14(15)20/h4-6,11H,7-10H2,1-3H3. The van der Waals surface area contributed by atoms with Gasteiger partial charge in [0.1, 0.15) is 11.6 Å². The van der Waals surface area contributed by atoms with Crippen molar-refractivity contribution in [1.82, 2.24) is 10.2 Å². The highest BCUT2D eigenvalue weighted by Gasteiger charge is 2.28. The Morgan fingerprint density at radius 3 is 2.29 bits per heavy atom. The maximum Gasteiger partial charge on any atom is 0.243 e. The van der Waals surface area contributed by atoms with E-state index in [1.165, 1.54) is 25.3 Å². The first-order chi connectivity index (χ1) is 11.5. The van der Waals surface area contributed by atoms with Gasteiger partial charge >= 0.3 is 0 Å². The second-order valence-electron chi connectivity index (χ2n) is 6.28. The molecule has 0 aliphatic carbocycles. The fourth-order valence-electron chi connectivity index (χ4n) is 3.22. The zero-order valence-corrected chi connectivity index (χ0v) is 14.1. The van der Waals surface area contributed by atoms with Crippen LogP contribution in [0.25, 0.3) is 11.1 Å². The number of methoxy groups -OCH3 is 1. The van der Waals surface area contributed by atoms with Crippen molar-refractivity contribution in [2.24, 2.45) is 5.92 Å². The van der Waals surface area contributed by atoms with Gasteiger partial charge in [-0.2, -0.15) is 0 Å². The third kappa shape index (κ3) is 2.92. The molecule has 2 aromatic rings. The molecule has 6 heteroatoms. The van der Waals surface area contributed by atoms with E-state index >= 15 is 0 Å². The molecule has 0 unspecified atom stereocenters. The predicted octanol–water partition coefficient (Wildman–Crippen LogP) is 3.98. The van der Waals surface area contributed by atoms with Crippen LogP contribution < -0.4 is 9.64 Å². The Morgan fingerprint density at radius 1 is 1.08 bits per heavy atom. The van der Waals surface area contributed by atoms with Gasteiger partial charge in [0.05, 0.1) is 29.6 Å². The minimum atomic E-state index is -0.632. The minimum Gasteiger partial charge on any atom is -0.479 e. The number of halogens is 2. The average Bonchev–Trinajstić information content (AvgIpc) is 2.56. The first-order valence-electron chi connectivity index (χ1n) is 8.13. The van der Waals surface area contributed by atoms with Crippen molar-refractivity contribution in [2.45, 2.75) is 26.7 Å². The monoisotopic (exact) mass is 333 g/mol. The molecule has 3 rings (SSSR count). The Labute approximate surface area is 140 Å². The predicted molar refractivity (Wildman–Crippen MR) is 89.3 cm³/mol. The lowest BCUT2D eigenvalue weighted by atomic mass is 9.96. The number of rotatable bonds is 3. The van der Waals surface area contributed by atoms with E-state index in [1.54, 1.807) is 0 Å². The van der Waals surface area contributed by atoms with Gasteiger partial charge in [0.25, 0.3) is 0 Å². The van der Waals surface area contributed by atoms with Gasteiger partial charge in [-0.1, -0.05) is 13.0 Å². The fraction of sp³-hybridized carbons (Fsp3) is 0.444. The number of ether oxygens (including phenoxy) is 1. The van der Waals surface area contributed by atoms with Crippen LogP contribution in [0.1, 0.15) is 25.5 Å². The van der Waals surface area contributed by atoms with Gasteiger partial charge in [-0.05, 0) is 37.8 Å². The van der Waals surface area contributed by atoms with Gasteiger partial charge < -0.3 is 9.64 Å². The van der Waals surface area contributed by atoms with E-state index in [2.05, 4.69) is 22.0 Å². The molecule has 4 nitrogen and oxygen atoms in total. The molecule has 0 radical (unpaired) electrons. The smallest absolute Gasteiger partial charge is 0.243 e.